The van der Waals surface area contributed by atoms with Crippen molar-refractivity contribution in [3.05, 3.63) is 65.7 Å². The van der Waals surface area contributed by atoms with E-state index in [1.165, 1.54) is 0 Å². The normalized spacial score (nSPS) is 12.8. The van der Waals surface area contributed by atoms with Crippen LogP contribution in [0.15, 0.2) is 54.6 Å². The molecule has 0 aliphatic carbocycles. The largest absolute Gasteiger partial charge is 0.384 e. The van der Waals surface area contributed by atoms with Crippen molar-refractivity contribution in [3.63, 3.8) is 0 Å². The lowest BCUT2D eigenvalue weighted by atomic mass is 9.94. The van der Waals surface area contributed by atoms with E-state index in [1.54, 1.807) is 0 Å². The van der Waals surface area contributed by atoms with Crippen LogP contribution in [0.1, 0.15) is 38.0 Å². The number of hydrogen-bond acceptors (Lipinski definition) is 2. The number of carbonyl (C=O) groups excluding carboxylic acids is 1. The van der Waals surface area contributed by atoms with Crippen LogP contribution in [-0.2, 0) is 4.79 Å². The monoisotopic (exact) mass is 283 g/mol. The Morgan fingerprint density at radius 3 is 2.19 bits per heavy atom. The Balaban J connectivity index is 2.31. The maximum absolute atomic E-state index is 12.2. The van der Waals surface area contributed by atoms with Crippen molar-refractivity contribution in [2.45, 2.75) is 26.9 Å². The SMILES string of the molecule is CC(C)(C)C(=O)Nc1ccccc1[C@@H](O)c1ccccc1. The van der Waals surface area contributed by atoms with Gasteiger partial charge >= 0.3 is 0 Å². The maximum atomic E-state index is 12.2. The van der Waals surface area contributed by atoms with Gasteiger partial charge < -0.3 is 10.4 Å². The lowest BCUT2D eigenvalue weighted by Crippen LogP contribution is -2.28. The third-order valence-electron chi connectivity index (χ3n) is 3.30. The summed E-state index contributed by atoms with van der Waals surface area (Å²) in [5.74, 6) is -0.0739. The minimum Gasteiger partial charge on any atom is -0.384 e. The van der Waals surface area contributed by atoms with Gasteiger partial charge in [-0.25, -0.2) is 0 Å². The van der Waals surface area contributed by atoms with E-state index in [0.29, 0.717) is 11.3 Å². The first-order valence-corrected chi connectivity index (χ1v) is 7.03. The van der Waals surface area contributed by atoms with E-state index in [2.05, 4.69) is 5.32 Å². The fourth-order valence-corrected chi connectivity index (χ4v) is 1.97. The molecule has 3 nitrogen and oxygen atoms in total. The van der Waals surface area contributed by atoms with Crippen molar-refractivity contribution < 1.29 is 9.90 Å². The highest BCUT2D eigenvalue weighted by Crippen LogP contribution is 2.29. The van der Waals surface area contributed by atoms with Gasteiger partial charge in [-0.2, -0.15) is 0 Å². The summed E-state index contributed by atoms with van der Waals surface area (Å²) in [7, 11) is 0. The van der Waals surface area contributed by atoms with Crippen molar-refractivity contribution in [1.29, 1.82) is 0 Å². The molecule has 1 amide bonds. The summed E-state index contributed by atoms with van der Waals surface area (Å²) in [5.41, 5.74) is 1.66. The third-order valence-corrected chi connectivity index (χ3v) is 3.30. The first-order chi connectivity index (χ1) is 9.89. The zero-order chi connectivity index (χ0) is 15.5. The van der Waals surface area contributed by atoms with Crippen molar-refractivity contribution in [3.8, 4) is 0 Å². The van der Waals surface area contributed by atoms with E-state index in [0.717, 1.165) is 5.56 Å². The summed E-state index contributed by atoms with van der Waals surface area (Å²) in [6.45, 7) is 5.58. The number of rotatable bonds is 3. The average molecular weight is 283 g/mol. The number of benzene rings is 2. The van der Waals surface area contributed by atoms with Crippen molar-refractivity contribution in [2.24, 2.45) is 5.41 Å². The second-order valence-corrected chi connectivity index (χ2v) is 6.10. The highest BCUT2D eigenvalue weighted by molar-refractivity contribution is 5.95. The van der Waals surface area contributed by atoms with E-state index in [9.17, 15) is 9.90 Å². The number of aliphatic hydroxyl groups excluding tert-OH is 1. The van der Waals surface area contributed by atoms with Crippen LogP contribution in [0.25, 0.3) is 0 Å². The van der Waals surface area contributed by atoms with Gasteiger partial charge in [0.25, 0.3) is 0 Å². The second-order valence-electron chi connectivity index (χ2n) is 6.10. The number of hydrogen-bond donors (Lipinski definition) is 2. The van der Waals surface area contributed by atoms with E-state index in [4.69, 9.17) is 0 Å². The van der Waals surface area contributed by atoms with Crippen molar-refractivity contribution in [2.75, 3.05) is 5.32 Å². The fraction of sp³-hybridized carbons (Fsp3) is 0.278. The molecule has 21 heavy (non-hydrogen) atoms. The van der Waals surface area contributed by atoms with Gasteiger partial charge in [-0.05, 0) is 11.6 Å². The van der Waals surface area contributed by atoms with Gasteiger partial charge in [-0.15, -0.1) is 0 Å². The topological polar surface area (TPSA) is 49.3 Å². The number of nitrogens with one attached hydrogen (secondary N) is 1. The zero-order valence-corrected chi connectivity index (χ0v) is 12.6. The molecule has 0 fully saturated rings. The second kappa shape index (κ2) is 6.10. The van der Waals surface area contributed by atoms with Crippen LogP contribution >= 0.6 is 0 Å². The molecular weight excluding hydrogens is 262 g/mol. The van der Waals surface area contributed by atoms with Crippen molar-refractivity contribution >= 4 is 11.6 Å². The summed E-state index contributed by atoms with van der Waals surface area (Å²) in [5, 5.41) is 13.4. The Labute approximate surface area is 125 Å². The standard InChI is InChI=1S/C18H21NO2/c1-18(2,3)17(21)19-15-12-8-7-11-14(15)16(20)13-9-5-4-6-10-13/h4-12,16,20H,1-3H3,(H,19,21)/t16-/m0/s1. The predicted octanol–water partition coefficient (Wildman–Crippen LogP) is 3.75. The molecule has 0 saturated heterocycles. The molecule has 2 N–H and O–H groups in total. The molecule has 0 spiro atoms. The Hall–Kier alpha value is -2.13. The highest BCUT2D eigenvalue weighted by Gasteiger charge is 2.23. The molecule has 0 radical (unpaired) electrons. The van der Waals surface area contributed by atoms with Gasteiger partial charge in [0.15, 0.2) is 0 Å². The van der Waals surface area contributed by atoms with Crippen molar-refractivity contribution in [1.82, 2.24) is 0 Å². The summed E-state index contributed by atoms with van der Waals surface area (Å²) < 4.78 is 0. The molecule has 0 aliphatic rings. The molecule has 2 rings (SSSR count). The Bertz CT molecular complexity index is 615. The number of anilines is 1. The van der Waals surface area contributed by atoms with Crippen LogP contribution in [0.3, 0.4) is 0 Å². The smallest absolute Gasteiger partial charge is 0.229 e. The third kappa shape index (κ3) is 3.70. The lowest BCUT2D eigenvalue weighted by molar-refractivity contribution is -0.123. The molecule has 0 aliphatic heterocycles. The van der Waals surface area contributed by atoms with E-state index in [1.807, 2.05) is 75.4 Å². The summed E-state index contributed by atoms with van der Waals surface area (Å²) in [4.78, 5) is 12.2. The number of amides is 1. The first kappa shape index (κ1) is 15.3. The van der Waals surface area contributed by atoms with E-state index in [-0.39, 0.29) is 5.91 Å². The molecule has 0 unspecified atom stereocenters. The van der Waals surface area contributed by atoms with Gasteiger partial charge in [-0.1, -0.05) is 69.3 Å². The van der Waals surface area contributed by atoms with Crippen LogP contribution in [0.2, 0.25) is 0 Å². The number of para-hydroxylation sites is 1. The fourth-order valence-electron chi connectivity index (χ4n) is 1.97. The first-order valence-electron chi connectivity index (χ1n) is 7.03. The zero-order valence-electron chi connectivity index (χ0n) is 12.6. The predicted molar refractivity (Wildman–Crippen MR) is 85.0 cm³/mol. The molecule has 0 aromatic heterocycles. The van der Waals surface area contributed by atoms with Gasteiger partial charge in [0.05, 0.1) is 0 Å². The van der Waals surface area contributed by atoms with Gasteiger partial charge in [0.1, 0.15) is 6.10 Å². The van der Waals surface area contributed by atoms with Crippen LogP contribution in [0, 0.1) is 5.41 Å². The molecule has 0 bridgehead atoms. The molecule has 1 atom stereocenters. The Morgan fingerprint density at radius 2 is 1.57 bits per heavy atom. The molecule has 0 saturated carbocycles. The van der Waals surface area contributed by atoms with Gasteiger partial charge in [0.2, 0.25) is 5.91 Å². The van der Waals surface area contributed by atoms with Gasteiger partial charge in [0, 0.05) is 16.7 Å². The molecular formula is C18H21NO2. The number of carbonyl (C=O) groups is 1. The molecule has 3 heteroatoms. The van der Waals surface area contributed by atoms with Crippen LogP contribution < -0.4 is 5.32 Å². The van der Waals surface area contributed by atoms with Crippen LogP contribution in [0.5, 0.6) is 0 Å². The summed E-state index contributed by atoms with van der Waals surface area (Å²) >= 11 is 0. The highest BCUT2D eigenvalue weighted by atomic mass is 16.3. The summed E-state index contributed by atoms with van der Waals surface area (Å²) in [6, 6.07) is 16.8. The lowest BCUT2D eigenvalue weighted by Gasteiger charge is -2.21. The minimum atomic E-state index is -0.761. The number of aliphatic hydroxyl groups is 1. The quantitative estimate of drug-likeness (QED) is 0.901. The molecule has 2 aromatic carbocycles. The minimum absolute atomic E-state index is 0.0739. The van der Waals surface area contributed by atoms with Crippen LogP contribution in [0.4, 0.5) is 5.69 Å². The Morgan fingerprint density at radius 1 is 1.00 bits per heavy atom. The Kier molecular flexibility index (Phi) is 4.43. The van der Waals surface area contributed by atoms with E-state index < -0.39 is 11.5 Å². The average Bonchev–Trinajstić information content (AvgIpc) is 2.47. The maximum Gasteiger partial charge on any atom is 0.229 e. The molecule has 0 heterocycles. The summed E-state index contributed by atoms with van der Waals surface area (Å²) in [6.07, 6.45) is -0.761. The molecule has 110 valence electrons. The van der Waals surface area contributed by atoms with Gasteiger partial charge in [-0.3, -0.25) is 4.79 Å². The van der Waals surface area contributed by atoms with E-state index >= 15 is 0 Å². The van der Waals surface area contributed by atoms with Crippen LogP contribution in [-0.4, -0.2) is 11.0 Å². The molecule has 2 aromatic rings.